The number of hydrogen-bond acceptors (Lipinski definition) is 8. The maximum absolute atomic E-state index is 13.2. The Kier molecular flexibility index (Phi) is 7.12. The van der Waals surface area contributed by atoms with E-state index in [1.165, 1.54) is 0 Å². The summed E-state index contributed by atoms with van der Waals surface area (Å²) in [6.45, 7) is 4.28. The topological polar surface area (TPSA) is 114 Å². The standard InChI is InChI=1S/C21H22F6N8O2/c1-11(31-16-6-30-32-18(36)17(16)21(25,26)27)9-37-10-14-3-15-8-34(7-12(2)35(15)33-14)19-28-4-13(5-29-19)20(22,23)24/h3-6,11-12H,7-10H2,1-2H3,(H2,31,32,36). The third-order valence-corrected chi connectivity index (χ3v) is 5.53. The van der Waals surface area contributed by atoms with Crippen molar-refractivity contribution in [2.24, 2.45) is 0 Å². The highest BCUT2D eigenvalue weighted by atomic mass is 19.4. The molecule has 0 saturated heterocycles. The molecule has 4 heterocycles. The van der Waals surface area contributed by atoms with E-state index in [-0.39, 0.29) is 25.2 Å². The Hall–Kier alpha value is -3.69. The lowest BCUT2D eigenvalue weighted by Gasteiger charge is -2.32. The molecule has 16 heteroatoms. The van der Waals surface area contributed by atoms with Crippen molar-refractivity contribution in [1.29, 1.82) is 0 Å². The monoisotopic (exact) mass is 532 g/mol. The highest BCUT2D eigenvalue weighted by Gasteiger charge is 2.37. The fraction of sp³-hybridized carbons (Fsp3) is 0.476. The molecule has 0 spiro atoms. The summed E-state index contributed by atoms with van der Waals surface area (Å²) < 4.78 is 85.3. The lowest BCUT2D eigenvalue weighted by atomic mass is 10.2. The zero-order valence-corrected chi connectivity index (χ0v) is 19.6. The first-order valence-corrected chi connectivity index (χ1v) is 11.0. The maximum atomic E-state index is 13.2. The Bertz CT molecular complexity index is 1290. The van der Waals surface area contributed by atoms with Gasteiger partial charge in [0.05, 0.1) is 54.6 Å². The van der Waals surface area contributed by atoms with E-state index in [1.54, 1.807) is 27.7 Å². The molecule has 2 atom stereocenters. The summed E-state index contributed by atoms with van der Waals surface area (Å²) in [5.74, 6) is 0.164. The number of rotatable bonds is 7. The van der Waals surface area contributed by atoms with Gasteiger partial charge in [-0.25, -0.2) is 15.1 Å². The zero-order chi connectivity index (χ0) is 27.0. The van der Waals surface area contributed by atoms with Crippen molar-refractivity contribution in [3.8, 4) is 0 Å². The van der Waals surface area contributed by atoms with Gasteiger partial charge in [0, 0.05) is 25.0 Å². The number of aromatic nitrogens is 6. The highest BCUT2D eigenvalue weighted by molar-refractivity contribution is 5.50. The number of aromatic amines is 1. The van der Waals surface area contributed by atoms with Gasteiger partial charge in [-0.05, 0) is 19.9 Å². The van der Waals surface area contributed by atoms with Crippen molar-refractivity contribution in [3.05, 3.63) is 57.5 Å². The Morgan fingerprint density at radius 1 is 1.16 bits per heavy atom. The summed E-state index contributed by atoms with van der Waals surface area (Å²) in [6.07, 6.45) is -7.01. The zero-order valence-electron chi connectivity index (χ0n) is 19.6. The molecular weight excluding hydrogens is 510 g/mol. The van der Waals surface area contributed by atoms with Crippen LogP contribution < -0.4 is 15.8 Å². The predicted octanol–water partition coefficient (Wildman–Crippen LogP) is 3.39. The number of alkyl halides is 6. The number of H-pyrrole nitrogens is 1. The van der Waals surface area contributed by atoms with Crippen LogP contribution in [0, 0.1) is 0 Å². The van der Waals surface area contributed by atoms with Crippen LogP contribution in [0.25, 0.3) is 0 Å². The van der Waals surface area contributed by atoms with Gasteiger partial charge in [0.15, 0.2) is 0 Å². The predicted molar refractivity (Wildman–Crippen MR) is 118 cm³/mol. The summed E-state index contributed by atoms with van der Waals surface area (Å²) in [5, 5.41) is 12.3. The molecule has 1 aliphatic rings. The molecule has 0 saturated carbocycles. The molecule has 4 rings (SSSR count). The second-order valence-corrected chi connectivity index (χ2v) is 8.62. The first-order valence-electron chi connectivity index (χ1n) is 11.0. The van der Waals surface area contributed by atoms with E-state index in [0.29, 0.717) is 18.8 Å². The molecule has 0 aliphatic carbocycles. The fourth-order valence-electron chi connectivity index (χ4n) is 3.94. The molecule has 3 aromatic rings. The Balaban J connectivity index is 1.36. The smallest absolute Gasteiger partial charge is 0.378 e. The van der Waals surface area contributed by atoms with Gasteiger partial charge in [-0.2, -0.15) is 36.5 Å². The number of nitrogens with zero attached hydrogens (tertiary/aromatic N) is 6. The second kappa shape index (κ2) is 9.99. The molecule has 2 unspecified atom stereocenters. The van der Waals surface area contributed by atoms with E-state index in [0.717, 1.165) is 24.3 Å². The van der Waals surface area contributed by atoms with Crippen molar-refractivity contribution in [1.82, 2.24) is 29.9 Å². The van der Waals surface area contributed by atoms with E-state index in [1.807, 2.05) is 6.92 Å². The Morgan fingerprint density at radius 2 is 1.86 bits per heavy atom. The molecule has 1 aliphatic heterocycles. The third kappa shape index (κ3) is 6.00. The van der Waals surface area contributed by atoms with Gasteiger partial charge in [-0.15, -0.1) is 0 Å². The van der Waals surface area contributed by atoms with Crippen molar-refractivity contribution in [3.63, 3.8) is 0 Å². The van der Waals surface area contributed by atoms with Gasteiger partial charge in [-0.1, -0.05) is 0 Å². The molecule has 0 fully saturated rings. The van der Waals surface area contributed by atoms with Crippen LogP contribution in [0.2, 0.25) is 0 Å². The lowest BCUT2D eigenvalue weighted by molar-refractivity contribution is -0.139. The number of halogens is 6. The van der Waals surface area contributed by atoms with Gasteiger partial charge < -0.3 is 15.0 Å². The minimum absolute atomic E-state index is 0.00730. The average molecular weight is 532 g/mol. The van der Waals surface area contributed by atoms with Crippen LogP contribution in [0.5, 0.6) is 0 Å². The first kappa shape index (κ1) is 26.4. The normalized spacial score (nSPS) is 17.0. The van der Waals surface area contributed by atoms with E-state index < -0.39 is 40.8 Å². The van der Waals surface area contributed by atoms with Gasteiger partial charge in [0.1, 0.15) is 5.56 Å². The van der Waals surface area contributed by atoms with Crippen molar-refractivity contribution in [2.75, 3.05) is 23.4 Å². The number of anilines is 2. The minimum atomic E-state index is -4.86. The number of ether oxygens (including phenoxy) is 1. The van der Waals surface area contributed by atoms with E-state index in [9.17, 15) is 31.1 Å². The first-order chi connectivity index (χ1) is 17.3. The van der Waals surface area contributed by atoms with Gasteiger partial charge in [0.2, 0.25) is 5.95 Å². The summed E-state index contributed by atoms with van der Waals surface area (Å²) in [4.78, 5) is 21.0. The molecule has 10 nitrogen and oxygen atoms in total. The maximum Gasteiger partial charge on any atom is 0.423 e. The quantitative estimate of drug-likeness (QED) is 0.446. The number of hydrogen-bond donors (Lipinski definition) is 2. The van der Waals surface area contributed by atoms with Crippen molar-refractivity contribution in [2.45, 2.75) is 51.4 Å². The molecule has 3 aromatic heterocycles. The van der Waals surface area contributed by atoms with Crippen LogP contribution in [-0.4, -0.2) is 49.1 Å². The summed E-state index contributed by atoms with van der Waals surface area (Å²) in [5.41, 5.74) is -2.76. The molecule has 37 heavy (non-hydrogen) atoms. The minimum Gasteiger partial charge on any atom is -0.378 e. The molecule has 200 valence electrons. The molecule has 0 radical (unpaired) electrons. The highest BCUT2D eigenvalue weighted by Crippen LogP contribution is 2.32. The molecule has 2 N–H and O–H groups in total. The van der Waals surface area contributed by atoms with E-state index >= 15 is 0 Å². The summed E-state index contributed by atoms with van der Waals surface area (Å²) >= 11 is 0. The molecule has 0 amide bonds. The largest absolute Gasteiger partial charge is 0.423 e. The van der Waals surface area contributed by atoms with Gasteiger partial charge in [0.25, 0.3) is 5.56 Å². The van der Waals surface area contributed by atoms with Crippen molar-refractivity contribution >= 4 is 11.6 Å². The van der Waals surface area contributed by atoms with Crippen LogP contribution in [0.3, 0.4) is 0 Å². The second-order valence-electron chi connectivity index (χ2n) is 8.62. The van der Waals surface area contributed by atoms with Gasteiger partial charge in [-0.3, -0.25) is 9.48 Å². The summed E-state index contributed by atoms with van der Waals surface area (Å²) in [7, 11) is 0. The molecule has 0 bridgehead atoms. The van der Waals surface area contributed by atoms with Gasteiger partial charge >= 0.3 is 12.4 Å². The summed E-state index contributed by atoms with van der Waals surface area (Å²) in [6, 6.07) is 1.05. The molecule has 0 aromatic carbocycles. The van der Waals surface area contributed by atoms with Crippen LogP contribution in [-0.2, 0) is 30.2 Å². The third-order valence-electron chi connectivity index (χ3n) is 5.53. The van der Waals surface area contributed by atoms with E-state index in [2.05, 4.69) is 25.5 Å². The number of nitrogens with one attached hydrogen (secondary N) is 2. The Labute approximate surface area is 205 Å². The lowest BCUT2D eigenvalue weighted by Crippen LogP contribution is -2.37. The SMILES string of the molecule is CC(COCc1cc2n(n1)C(C)CN(c1ncc(C(F)(F)F)cn1)C2)Nc1cn[nH]c(=O)c1C(F)(F)F. The van der Waals surface area contributed by atoms with Crippen LogP contribution in [0.4, 0.5) is 38.0 Å². The van der Waals surface area contributed by atoms with Crippen LogP contribution >= 0.6 is 0 Å². The number of fused-ring (bicyclic) bond motifs is 1. The Morgan fingerprint density at radius 3 is 2.51 bits per heavy atom. The van der Waals surface area contributed by atoms with Crippen molar-refractivity contribution < 1.29 is 31.1 Å². The van der Waals surface area contributed by atoms with E-state index in [4.69, 9.17) is 4.74 Å². The molecular formula is C21H22F6N8O2. The average Bonchev–Trinajstić information content (AvgIpc) is 3.21. The van der Waals surface area contributed by atoms with Crippen LogP contribution in [0.1, 0.15) is 42.4 Å². The fourth-order valence-corrected chi connectivity index (χ4v) is 3.94. The van der Waals surface area contributed by atoms with Crippen LogP contribution in [0.15, 0.2) is 29.5 Å².